The molecule has 0 atom stereocenters. The molecule has 20 heavy (non-hydrogen) atoms. The molecule has 0 bridgehead atoms. The Morgan fingerprint density at radius 3 is 2.95 bits per heavy atom. The number of urea groups is 1. The van der Waals surface area contributed by atoms with Crippen LogP contribution in [0.4, 0.5) is 15.0 Å². The van der Waals surface area contributed by atoms with E-state index in [1.54, 1.807) is 23.3 Å². The van der Waals surface area contributed by atoms with Crippen molar-refractivity contribution in [1.82, 2.24) is 20.2 Å². The molecule has 3 rings (SSSR count). The Kier molecular flexibility index (Phi) is 3.05. The Balaban J connectivity index is 1.98. The predicted molar refractivity (Wildman–Crippen MR) is 70.6 cm³/mol. The first-order chi connectivity index (χ1) is 9.66. The zero-order valence-electron chi connectivity index (χ0n) is 10.8. The number of rotatable bonds is 1. The van der Waals surface area contributed by atoms with E-state index in [1.807, 2.05) is 0 Å². The van der Waals surface area contributed by atoms with E-state index in [4.69, 9.17) is 5.73 Å². The molecule has 0 aromatic carbocycles. The average molecular weight is 278 g/mol. The minimum absolute atomic E-state index is 0.356. The van der Waals surface area contributed by atoms with Crippen molar-refractivity contribution in [2.45, 2.75) is 0 Å². The predicted octanol–water partition coefficient (Wildman–Crippen LogP) is 0.0405. The summed E-state index contributed by atoms with van der Waals surface area (Å²) in [5.41, 5.74) is 5.47. The highest BCUT2D eigenvalue weighted by Gasteiger charge is 2.34. The first kappa shape index (κ1) is 12.5. The maximum absolute atomic E-state index is 13.3. The van der Waals surface area contributed by atoms with Gasteiger partial charge in [-0.2, -0.15) is 9.40 Å². The van der Waals surface area contributed by atoms with E-state index >= 15 is 0 Å². The Hall–Kier alpha value is -2.51. The third kappa shape index (κ3) is 2.09. The summed E-state index contributed by atoms with van der Waals surface area (Å²) >= 11 is 0. The normalized spacial score (nSPS) is 18.2. The molecule has 8 heteroatoms. The van der Waals surface area contributed by atoms with Gasteiger partial charge >= 0.3 is 6.03 Å². The number of hydrogen-bond acceptors (Lipinski definition) is 5. The third-order valence-corrected chi connectivity index (χ3v) is 3.29. The van der Waals surface area contributed by atoms with E-state index in [-0.39, 0.29) is 0 Å². The van der Waals surface area contributed by atoms with Crippen molar-refractivity contribution in [3.8, 4) is 0 Å². The summed E-state index contributed by atoms with van der Waals surface area (Å²) in [4.78, 5) is 17.6. The molecule has 106 valence electrons. The number of amides is 2. The van der Waals surface area contributed by atoms with Gasteiger partial charge in [0.2, 0.25) is 5.95 Å². The third-order valence-electron chi connectivity index (χ3n) is 3.29. The number of halogens is 1. The Labute approximate surface area is 115 Å². The number of nitrogens with two attached hydrogens (primary N) is 1. The standard InChI is InChI=1S/C12H15FN6O/c13-9-2-1-3-10(16-9)18-7-6-17-5-4-15-8-11(17)19(18)12(14)20/h1-3,8,15H,4-7H2,(H2,14,20). The van der Waals surface area contributed by atoms with Crippen LogP contribution in [0, 0.1) is 5.95 Å². The van der Waals surface area contributed by atoms with Gasteiger partial charge < -0.3 is 16.0 Å². The number of aromatic nitrogens is 1. The molecule has 2 aliphatic rings. The average Bonchev–Trinajstić information content (AvgIpc) is 2.45. The molecule has 0 unspecified atom stereocenters. The molecule has 0 aliphatic carbocycles. The van der Waals surface area contributed by atoms with Gasteiger partial charge in [-0.1, -0.05) is 6.07 Å². The van der Waals surface area contributed by atoms with Gasteiger partial charge in [0.1, 0.15) is 5.82 Å². The fourth-order valence-electron chi connectivity index (χ4n) is 2.42. The molecular formula is C12H15FN6O. The summed E-state index contributed by atoms with van der Waals surface area (Å²) < 4.78 is 13.3. The molecule has 1 aromatic heterocycles. The Morgan fingerprint density at radius 1 is 1.35 bits per heavy atom. The molecule has 3 N–H and O–H groups in total. The summed E-state index contributed by atoms with van der Waals surface area (Å²) in [6, 6.07) is 3.83. The van der Waals surface area contributed by atoms with Gasteiger partial charge in [-0.25, -0.2) is 9.78 Å². The summed E-state index contributed by atoms with van der Waals surface area (Å²) in [6.45, 7) is 2.83. The fraction of sp³-hybridized carbons (Fsp3) is 0.333. The second-order valence-corrected chi connectivity index (χ2v) is 4.54. The second kappa shape index (κ2) is 4.87. The molecule has 0 spiro atoms. The highest BCUT2D eigenvalue weighted by atomic mass is 19.1. The zero-order valence-corrected chi connectivity index (χ0v) is 10.8. The van der Waals surface area contributed by atoms with Crippen molar-refractivity contribution in [3.63, 3.8) is 0 Å². The minimum atomic E-state index is -0.629. The summed E-state index contributed by atoms with van der Waals surface area (Å²) in [6.07, 6.45) is 1.74. The van der Waals surface area contributed by atoms with E-state index in [1.165, 1.54) is 11.1 Å². The summed E-state index contributed by atoms with van der Waals surface area (Å²) in [5.74, 6) is 0.418. The van der Waals surface area contributed by atoms with Crippen LogP contribution in [0.3, 0.4) is 0 Å². The highest BCUT2D eigenvalue weighted by molar-refractivity contribution is 5.76. The van der Waals surface area contributed by atoms with Crippen LogP contribution in [0.25, 0.3) is 0 Å². The zero-order chi connectivity index (χ0) is 14.1. The van der Waals surface area contributed by atoms with Gasteiger partial charge in [0.25, 0.3) is 0 Å². The van der Waals surface area contributed by atoms with E-state index in [9.17, 15) is 9.18 Å². The van der Waals surface area contributed by atoms with Gasteiger partial charge in [0.05, 0.1) is 6.54 Å². The molecular weight excluding hydrogens is 263 g/mol. The van der Waals surface area contributed by atoms with Crippen molar-refractivity contribution in [1.29, 1.82) is 0 Å². The maximum atomic E-state index is 13.3. The lowest BCUT2D eigenvalue weighted by Gasteiger charge is -2.46. The number of pyridine rings is 1. The van der Waals surface area contributed by atoms with Crippen LogP contribution in [0.5, 0.6) is 0 Å². The molecule has 1 fully saturated rings. The van der Waals surface area contributed by atoms with E-state index in [0.717, 1.165) is 19.6 Å². The fourth-order valence-corrected chi connectivity index (χ4v) is 2.42. The van der Waals surface area contributed by atoms with Crippen LogP contribution < -0.4 is 16.1 Å². The van der Waals surface area contributed by atoms with Gasteiger partial charge in [-0.05, 0) is 12.1 Å². The smallest absolute Gasteiger partial charge is 0.339 e. The van der Waals surface area contributed by atoms with Gasteiger partial charge in [-0.3, -0.25) is 5.01 Å². The number of nitrogens with one attached hydrogen (secondary N) is 1. The van der Waals surface area contributed by atoms with Crippen LogP contribution in [-0.2, 0) is 0 Å². The van der Waals surface area contributed by atoms with Crippen molar-refractivity contribution in [3.05, 3.63) is 36.2 Å². The van der Waals surface area contributed by atoms with Gasteiger partial charge in [0.15, 0.2) is 5.82 Å². The Bertz CT molecular complexity index is 563. The van der Waals surface area contributed by atoms with Crippen LogP contribution in [0.2, 0.25) is 0 Å². The van der Waals surface area contributed by atoms with Crippen molar-refractivity contribution >= 4 is 11.8 Å². The van der Waals surface area contributed by atoms with Crippen LogP contribution in [-0.4, -0.2) is 47.1 Å². The maximum Gasteiger partial charge on any atom is 0.339 e. The van der Waals surface area contributed by atoms with E-state index in [2.05, 4.69) is 15.2 Å². The summed E-state index contributed by atoms with van der Waals surface area (Å²) in [5, 5.41) is 5.98. The van der Waals surface area contributed by atoms with Crippen LogP contribution in [0.1, 0.15) is 0 Å². The molecule has 1 aromatic rings. The molecule has 0 saturated carbocycles. The number of fused-ring (bicyclic) bond motifs is 1. The van der Waals surface area contributed by atoms with Crippen LogP contribution in [0.15, 0.2) is 30.2 Å². The minimum Gasteiger partial charge on any atom is -0.386 e. The number of carbonyl (C=O) groups is 1. The molecule has 3 heterocycles. The SMILES string of the molecule is NC(=O)N1C2=CNCCN2CCN1c1cccc(F)n1. The number of nitrogens with zero attached hydrogens (tertiary/aromatic N) is 4. The lowest BCUT2D eigenvalue weighted by molar-refractivity contribution is 0.152. The lowest BCUT2D eigenvalue weighted by Crippen LogP contribution is -2.61. The summed E-state index contributed by atoms with van der Waals surface area (Å²) in [7, 11) is 0. The van der Waals surface area contributed by atoms with Gasteiger partial charge in [-0.15, -0.1) is 0 Å². The van der Waals surface area contributed by atoms with Gasteiger partial charge in [0, 0.05) is 25.8 Å². The highest BCUT2D eigenvalue weighted by Crippen LogP contribution is 2.24. The number of primary amides is 1. The molecule has 2 amide bonds. The first-order valence-electron chi connectivity index (χ1n) is 6.35. The number of hydrazine groups is 1. The number of hydrogen-bond donors (Lipinski definition) is 2. The van der Waals surface area contributed by atoms with Crippen molar-refractivity contribution in [2.75, 3.05) is 31.2 Å². The molecule has 1 saturated heterocycles. The monoisotopic (exact) mass is 278 g/mol. The number of anilines is 1. The van der Waals surface area contributed by atoms with Crippen LogP contribution >= 0.6 is 0 Å². The molecule has 7 nitrogen and oxygen atoms in total. The van der Waals surface area contributed by atoms with E-state index < -0.39 is 12.0 Å². The molecule has 0 radical (unpaired) electrons. The second-order valence-electron chi connectivity index (χ2n) is 4.54. The lowest BCUT2D eigenvalue weighted by atomic mass is 10.3. The van der Waals surface area contributed by atoms with Crippen molar-refractivity contribution < 1.29 is 9.18 Å². The largest absolute Gasteiger partial charge is 0.386 e. The quantitative estimate of drug-likeness (QED) is 0.709. The van der Waals surface area contributed by atoms with Crippen molar-refractivity contribution in [2.24, 2.45) is 5.73 Å². The first-order valence-corrected chi connectivity index (χ1v) is 6.35. The molecule has 2 aliphatic heterocycles. The topological polar surface area (TPSA) is 77.7 Å². The van der Waals surface area contributed by atoms with E-state index in [0.29, 0.717) is 18.2 Å². The Morgan fingerprint density at radius 2 is 2.20 bits per heavy atom. The number of carbonyl (C=O) groups excluding carboxylic acids is 1.